The first kappa shape index (κ1) is 69.4. The molecule has 89 heavy (non-hydrogen) atoms. The van der Waals surface area contributed by atoms with E-state index in [1.807, 2.05) is 26.0 Å². The zero-order chi connectivity index (χ0) is 64.4. The van der Waals surface area contributed by atoms with Gasteiger partial charge in [-0.2, -0.15) is 22.0 Å². The van der Waals surface area contributed by atoms with Crippen LogP contribution in [0.4, 0.5) is 42.9 Å². The van der Waals surface area contributed by atoms with Gasteiger partial charge in [-0.3, -0.25) is 18.9 Å². The van der Waals surface area contributed by atoms with E-state index in [0.717, 1.165) is 77.0 Å². The molecule has 13 unspecified atom stereocenters. The van der Waals surface area contributed by atoms with Gasteiger partial charge in [0.05, 0.1) is 17.9 Å². The number of nitrogens with zero attached hydrogens (tertiary/aromatic N) is 3. The third-order valence-electron chi connectivity index (χ3n) is 19.7. The Hall–Kier alpha value is -5.46. The largest absolute Gasteiger partial charge is 0.506 e. The number of carbonyl (C=O) groups is 3. The lowest BCUT2D eigenvalue weighted by Crippen LogP contribution is -2.49. The molecule has 3 aliphatic heterocycles. The minimum Gasteiger partial charge on any atom is -0.506 e. The first-order valence-corrected chi connectivity index (χ1v) is 33.3. The number of allylic oxidation sites excluding steroid dienone is 2. The number of primary amides is 1. The highest BCUT2D eigenvalue weighted by atomic mass is 32.2. The molecule has 2 aromatic rings. The van der Waals surface area contributed by atoms with Crippen LogP contribution in [0.1, 0.15) is 154 Å². The molecule has 6 aliphatic rings. The van der Waals surface area contributed by atoms with E-state index in [0.29, 0.717) is 91.9 Å². The molecule has 8 rings (SSSR count). The van der Waals surface area contributed by atoms with Crippen LogP contribution in [0.3, 0.4) is 0 Å². The lowest BCUT2D eigenvalue weighted by molar-refractivity contribution is -0.370. The second-order valence-corrected chi connectivity index (χ2v) is 27.7. The van der Waals surface area contributed by atoms with Crippen LogP contribution >= 0.6 is 0 Å². The third kappa shape index (κ3) is 17.4. The molecule has 3 amide bonds. The van der Waals surface area contributed by atoms with E-state index in [-0.39, 0.29) is 64.0 Å². The number of hydrogen-bond donors (Lipinski definition) is 5. The van der Waals surface area contributed by atoms with E-state index < -0.39 is 78.2 Å². The fraction of sp³-hybridized carbons (Fsp3) is 0.667. The maximum absolute atomic E-state index is 13.8. The maximum Gasteiger partial charge on any atom is 0.453 e. The molecule has 0 radical (unpaired) electrons. The van der Waals surface area contributed by atoms with Crippen molar-refractivity contribution < 1.29 is 79.8 Å². The van der Waals surface area contributed by atoms with Gasteiger partial charge in [-0.25, -0.2) is 19.4 Å². The summed E-state index contributed by atoms with van der Waals surface area (Å²) in [5.74, 6) is -4.05. The number of alkyl halides is 5. The summed E-state index contributed by atoms with van der Waals surface area (Å²) in [4.78, 5) is 59.9. The smallest absolute Gasteiger partial charge is 0.453 e. The standard InChI is InChI=1S/C66H92F5N5O12S/c1-40-34-49-57(52(77)39-51(58(49)79)74-61(80)41(2)16-14-18-53-59(86-62(72)81)42(3)36-43(4)60(88-87-53)54(35-40)84-6)73-26-27-75-28-30-76(31-29-75)63(82)85-46-19-20-47-45(38-46)37-44(56-48(47)23-25-64(5)50(56)21-22-55(64)78)17-12-10-8-7-9-11-13-32-89(83)33-15-24-65(67,68)66(69,70)71/h14,16,18-20,26,36,38-40,43-44,48,50,53-56,59-60,77-79H,7-13,15,17,21-25,27-35,37H2,1-6H3,(H2,72,81)(H,74,80)/b18-14?,41-16-,42-36?,73-26?. The number of aliphatic hydroxyl groups is 1. The minimum atomic E-state index is -5.59. The van der Waals surface area contributed by atoms with E-state index in [1.165, 1.54) is 23.3 Å². The van der Waals surface area contributed by atoms with Crippen LogP contribution in [0.15, 0.2) is 64.7 Å². The molecule has 494 valence electrons. The number of methoxy groups -OCH3 is 1. The summed E-state index contributed by atoms with van der Waals surface area (Å²) in [6.45, 7) is 11.8. The van der Waals surface area contributed by atoms with Crippen LogP contribution in [-0.4, -0.2) is 148 Å². The minimum absolute atomic E-state index is 0.00501. The van der Waals surface area contributed by atoms with Crippen LogP contribution in [0.25, 0.3) is 0 Å². The summed E-state index contributed by atoms with van der Waals surface area (Å²) in [6.07, 6.45) is 8.93. The van der Waals surface area contributed by atoms with E-state index in [2.05, 4.69) is 29.3 Å². The Morgan fingerprint density at radius 2 is 1.65 bits per heavy atom. The molecular formula is C66H92F5N5O12S. The number of phenols is 2. The summed E-state index contributed by atoms with van der Waals surface area (Å²) in [5, 5.41) is 37.4. The summed E-state index contributed by atoms with van der Waals surface area (Å²) >= 11 is 0. The topological polar surface area (TPSA) is 232 Å². The summed E-state index contributed by atoms with van der Waals surface area (Å²) in [5.41, 5.74) is 9.23. The highest BCUT2D eigenvalue weighted by molar-refractivity contribution is 7.84. The van der Waals surface area contributed by atoms with Crippen LogP contribution in [0, 0.1) is 35.0 Å². The van der Waals surface area contributed by atoms with Gasteiger partial charge in [0.1, 0.15) is 29.0 Å². The van der Waals surface area contributed by atoms with Gasteiger partial charge in [-0.05, 0) is 148 Å². The predicted octanol–water partition coefficient (Wildman–Crippen LogP) is 12.7. The number of anilines is 1. The van der Waals surface area contributed by atoms with Gasteiger partial charge < -0.3 is 45.5 Å². The van der Waals surface area contributed by atoms with Crippen molar-refractivity contribution in [2.24, 2.45) is 45.7 Å². The number of aliphatic imine (C=N–C) groups is 1. The van der Waals surface area contributed by atoms with Gasteiger partial charge in [0.2, 0.25) is 0 Å². The summed E-state index contributed by atoms with van der Waals surface area (Å²) in [6, 6.07) is 7.39. The first-order valence-electron chi connectivity index (χ1n) is 31.8. The monoisotopic (exact) mass is 1270 g/mol. The Morgan fingerprint density at radius 1 is 0.944 bits per heavy atom. The van der Waals surface area contributed by atoms with Gasteiger partial charge >= 0.3 is 24.3 Å². The molecule has 1 saturated heterocycles. The van der Waals surface area contributed by atoms with E-state index in [4.69, 9.17) is 34.7 Å². The Labute approximate surface area is 522 Å². The molecule has 6 N–H and O–H groups in total. The number of unbranched alkanes of at least 4 members (excludes halogenated alkanes) is 6. The van der Waals surface area contributed by atoms with Gasteiger partial charge in [0, 0.05) is 97.9 Å². The Morgan fingerprint density at radius 3 is 2.36 bits per heavy atom. The van der Waals surface area contributed by atoms with Gasteiger partial charge in [-0.15, -0.1) is 0 Å². The number of nitrogens with two attached hydrogens (primary N) is 1. The van der Waals surface area contributed by atoms with Crippen LogP contribution < -0.4 is 15.8 Å². The average molecular weight is 1270 g/mol. The number of aromatic hydroxyl groups is 2. The number of fused-ring (bicyclic) bond motifs is 10. The molecule has 3 aliphatic carbocycles. The number of carbonyl (C=O) groups excluding carboxylic acids is 3. The second kappa shape index (κ2) is 30.8. The van der Waals surface area contributed by atoms with Gasteiger partial charge in [0.15, 0.2) is 12.2 Å². The van der Waals surface area contributed by atoms with E-state index >= 15 is 0 Å². The van der Waals surface area contributed by atoms with Crippen molar-refractivity contribution in [2.45, 2.75) is 192 Å². The number of phenolic OH excluding ortho intramolecular Hbond substituents is 2. The maximum atomic E-state index is 13.8. The quantitative estimate of drug-likeness (QED) is 0.0158. The molecule has 3 heterocycles. The van der Waals surface area contributed by atoms with Crippen LogP contribution in [-0.2, 0) is 47.7 Å². The molecular weight excluding hydrogens is 1180 g/mol. The predicted molar refractivity (Wildman–Crippen MR) is 330 cm³/mol. The van der Waals surface area contributed by atoms with Gasteiger partial charge in [-0.1, -0.05) is 83.6 Å². The number of halogens is 5. The fourth-order valence-corrected chi connectivity index (χ4v) is 15.9. The molecule has 17 nitrogen and oxygen atoms in total. The molecule has 4 bridgehead atoms. The van der Waals surface area contributed by atoms with Crippen molar-refractivity contribution in [1.29, 1.82) is 0 Å². The summed E-state index contributed by atoms with van der Waals surface area (Å²) < 4.78 is 93.7. The molecule has 2 aromatic carbocycles. The molecule has 3 fully saturated rings. The van der Waals surface area contributed by atoms with Crippen molar-refractivity contribution in [2.75, 3.05) is 56.7 Å². The second-order valence-electron chi connectivity index (χ2n) is 26.0. The Bertz CT molecular complexity index is 2940. The van der Waals surface area contributed by atoms with Crippen molar-refractivity contribution in [3.8, 4) is 17.2 Å². The third-order valence-corrected chi connectivity index (χ3v) is 21.2. The van der Waals surface area contributed by atoms with Crippen LogP contribution in [0.5, 0.6) is 17.2 Å². The lowest BCUT2D eigenvalue weighted by Gasteiger charge is -2.53. The zero-order valence-corrected chi connectivity index (χ0v) is 53.1. The number of hydrogen-bond acceptors (Lipinski definition) is 14. The Balaban J connectivity index is 0.856. The highest BCUT2D eigenvalue weighted by Gasteiger charge is 2.58. The van der Waals surface area contributed by atoms with Crippen molar-refractivity contribution in [3.63, 3.8) is 0 Å². The SMILES string of the molecule is COC1CC(C)Cc2c(O)c(cc(O)c2N=CCN2CCN(C(=O)Oc3ccc4c(c3)CC(CCCCCCCCCS(=O)CCCC(F)(F)C(F)(F)F)C3C4CCC4(C)C(O)CCC34)CC2)NC(=O)/C(C)=C\C=CC2OOC1C(C)C=C(C)C2OC(N)=O. The average Bonchev–Trinajstić information content (AvgIpc) is 1.93. The fourth-order valence-electron chi connectivity index (χ4n) is 14.7. The first-order chi connectivity index (χ1) is 42.3. The van der Waals surface area contributed by atoms with Crippen molar-refractivity contribution in [1.82, 2.24) is 9.80 Å². The molecule has 2 saturated carbocycles. The van der Waals surface area contributed by atoms with Gasteiger partial charge in [0.25, 0.3) is 5.91 Å². The molecule has 0 spiro atoms. The number of amides is 3. The van der Waals surface area contributed by atoms with E-state index in [1.54, 1.807) is 44.2 Å². The number of piperazine rings is 1. The molecule has 0 aromatic heterocycles. The number of aliphatic hydroxyl groups excluding tert-OH is 1. The normalized spacial score (nSPS) is 29.8. The number of rotatable bonds is 20. The van der Waals surface area contributed by atoms with Crippen LogP contribution in [0.2, 0.25) is 0 Å². The summed E-state index contributed by atoms with van der Waals surface area (Å²) in [7, 11) is 0.146. The highest BCUT2D eigenvalue weighted by Crippen LogP contribution is 2.63. The molecule has 13 atom stereocenters. The lowest BCUT2D eigenvalue weighted by atomic mass is 9.52. The van der Waals surface area contributed by atoms with E-state index in [9.17, 15) is 55.9 Å². The van der Waals surface area contributed by atoms with Crippen molar-refractivity contribution in [3.05, 3.63) is 76.4 Å². The number of nitrogens with one attached hydrogen (secondary N) is 1. The molecule has 23 heteroatoms. The number of benzene rings is 2. The number of ether oxygens (including phenoxy) is 3. The van der Waals surface area contributed by atoms with Crippen molar-refractivity contribution >= 4 is 46.5 Å². The zero-order valence-electron chi connectivity index (χ0n) is 52.3. The Kier molecular flexibility index (Phi) is 24.0.